The van der Waals surface area contributed by atoms with Gasteiger partial charge in [0.2, 0.25) is 0 Å². The van der Waals surface area contributed by atoms with Gasteiger partial charge in [0.15, 0.2) is 0 Å². The standard InChI is InChI=1S/C29H33N3O6.C20H24N2O3/c1-36-21-13-14-23(25(17-21)37-2)30-29(35)31-24-16-20-12-8-7-11-19(20)15-22(24)27(33)32-26(28(34)38-3)18-9-5-4-6-10-18;1-25-20(24)18(13-7-3-2-4-8-13)22-19(23)16-11-14-9-5-6-10-15(14)12-17(16)21/h7-8,11-18,26H,4-6,9-10H2,1-3H3,(H,32,33)(H2,30,31,35);5-6,9-13,18H,2-4,7-8,21H2,1H3,(H,22,23)/t26-;18-/m00/s1. The lowest BCUT2D eigenvalue weighted by Crippen LogP contribution is -2.47. The summed E-state index contributed by atoms with van der Waals surface area (Å²) in [6.45, 7) is 0. The lowest BCUT2D eigenvalue weighted by atomic mass is 9.83. The van der Waals surface area contributed by atoms with Crippen LogP contribution in [-0.4, -0.2) is 70.3 Å². The molecule has 63 heavy (non-hydrogen) atoms. The number of hydrogen-bond acceptors (Lipinski definition) is 10. The van der Waals surface area contributed by atoms with Crippen LogP contribution in [0, 0.1) is 11.8 Å². The fourth-order valence-electron chi connectivity index (χ4n) is 8.53. The molecular formula is C49H57N5O9. The molecule has 0 saturated heterocycles. The second-order valence-electron chi connectivity index (χ2n) is 15.9. The van der Waals surface area contributed by atoms with Gasteiger partial charge < -0.3 is 45.9 Å². The van der Waals surface area contributed by atoms with E-state index in [1.807, 2.05) is 48.5 Å². The fraction of sp³-hybridized carbons (Fsp3) is 0.367. The van der Waals surface area contributed by atoms with Crippen LogP contribution in [0.15, 0.2) is 91.0 Å². The number of benzene rings is 5. The lowest BCUT2D eigenvalue weighted by molar-refractivity contribution is -0.145. The van der Waals surface area contributed by atoms with E-state index in [4.69, 9.17) is 24.7 Å². The normalized spacial score (nSPS) is 15.1. The number of hydrogen-bond donors (Lipinski definition) is 5. The summed E-state index contributed by atoms with van der Waals surface area (Å²) >= 11 is 0. The Labute approximate surface area is 367 Å². The molecule has 14 nitrogen and oxygen atoms in total. The molecule has 7 rings (SSSR count). The zero-order chi connectivity index (χ0) is 44.9. The number of fused-ring (bicyclic) bond motifs is 2. The number of nitrogens with one attached hydrogen (secondary N) is 4. The molecule has 0 aliphatic heterocycles. The quantitative estimate of drug-likeness (QED) is 0.0598. The van der Waals surface area contributed by atoms with Crippen molar-refractivity contribution in [2.24, 2.45) is 11.8 Å². The monoisotopic (exact) mass is 859 g/mol. The molecule has 2 aliphatic carbocycles. The van der Waals surface area contributed by atoms with Crippen LogP contribution in [0.3, 0.4) is 0 Å². The fourth-order valence-corrected chi connectivity index (χ4v) is 8.53. The minimum Gasteiger partial charge on any atom is -0.497 e. The number of rotatable bonds is 12. The Kier molecular flexibility index (Phi) is 15.8. The van der Waals surface area contributed by atoms with Gasteiger partial charge in [-0.05, 0) is 95.5 Å². The second-order valence-corrected chi connectivity index (χ2v) is 15.9. The maximum Gasteiger partial charge on any atom is 0.328 e. The van der Waals surface area contributed by atoms with Gasteiger partial charge in [-0.3, -0.25) is 9.59 Å². The van der Waals surface area contributed by atoms with Gasteiger partial charge in [0.05, 0.1) is 50.9 Å². The third-order valence-corrected chi connectivity index (χ3v) is 11.9. The zero-order valence-electron chi connectivity index (χ0n) is 36.3. The highest BCUT2D eigenvalue weighted by molar-refractivity contribution is 6.10. The smallest absolute Gasteiger partial charge is 0.328 e. The lowest BCUT2D eigenvalue weighted by Gasteiger charge is -2.29. The number of carbonyl (C=O) groups is 5. The van der Waals surface area contributed by atoms with Crippen LogP contribution in [0.5, 0.6) is 11.5 Å². The number of anilines is 3. The summed E-state index contributed by atoms with van der Waals surface area (Å²) in [5, 5.41) is 14.9. The molecule has 0 radical (unpaired) electrons. The van der Waals surface area contributed by atoms with Crippen molar-refractivity contribution >= 4 is 68.4 Å². The first-order chi connectivity index (χ1) is 30.5. The average molecular weight is 860 g/mol. The molecule has 332 valence electrons. The molecule has 4 amide bonds. The molecule has 5 aromatic rings. The molecule has 2 fully saturated rings. The van der Waals surface area contributed by atoms with E-state index < -0.39 is 30.0 Å². The number of amides is 4. The summed E-state index contributed by atoms with van der Waals surface area (Å²) in [5.74, 6) is -0.527. The van der Waals surface area contributed by atoms with Gasteiger partial charge in [-0.15, -0.1) is 0 Å². The predicted octanol–water partition coefficient (Wildman–Crippen LogP) is 8.63. The van der Waals surface area contributed by atoms with Crippen molar-refractivity contribution in [3.8, 4) is 11.5 Å². The largest absolute Gasteiger partial charge is 0.497 e. The van der Waals surface area contributed by atoms with Crippen molar-refractivity contribution in [1.29, 1.82) is 0 Å². The number of methoxy groups -OCH3 is 4. The van der Waals surface area contributed by atoms with Crippen LogP contribution in [0.25, 0.3) is 21.5 Å². The minimum atomic E-state index is -0.760. The first kappa shape index (κ1) is 45.7. The van der Waals surface area contributed by atoms with Crippen molar-refractivity contribution in [2.75, 3.05) is 44.8 Å². The Morgan fingerprint density at radius 3 is 1.49 bits per heavy atom. The predicted molar refractivity (Wildman–Crippen MR) is 244 cm³/mol. The van der Waals surface area contributed by atoms with Crippen molar-refractivity contribution in [3.63, 3.8) is 0 Å². The van der Waals surface area contributed by atoms with Crippen LogP contribution in [-0.2, 0) is 19.1 Å². The molecule has 0 unspecified atom stereocenters. The number of nitrogen functional groups attached to an aromatic ring is 1. The Morgan fingerprint density at radius 2 is 1.00 bits per heavy atom. The van der Waals surface area contributed by atoms with Crippen molar-refractivity contribution in [1.82, 2.24) is 10.6 Å². The third-order valence-electron chi connectivity index (χ3n) is 11.9. The number of esters is 2. The molecule has 0 aromatic heterocycles. The summed E-state index contributed by atoms with van der Waals surface area (Å²) < 4.78 is 20.5. The second kappa shape index (κ2) is 21.8. The van der Waals surface area contributed by atoms with E-state index in [1.54, 1.807) is 49.6 Å². The van der Waals surface area contributed by atoms with Gasteiger partial charge in [0.25, 0.3) is 11.8 Å². The van der Waals surface area contributed by atoms with Gasteiger partial charge in [-0.25, -0.2) is 14.4 Å². The van der Waals surface area contributed by atoms with Crippen molar-refractivity contribution < 1.29 is 42.9 Å². The molecule has 0 heterocycles. The number of ether oxygens (including phenoxy) is 4. The van der Waals surface area contributed by atoms with E-state index in [-0.39, 0.29) is 29.3 Å². The maximum absolute atomic E-state index is 13.6. The SMILES string of the molecule is COC(=O)[C@@H](NC(=O)c1cc2ccccc2cc1N)C1CCCCC1.COC(=O)[C@@H](NC(=O)c1cc2ccccc2cc1NC(=O)Nc1ccc(OC)cc1OC)C1CCCCC1. The van der Waals surface area contributed by atoms with Crippen molar-refractivity contribution in [2.45, 2.75) is 76.3 Å². The van der Waals surface area contributed by atoms with Gasteiger partial charge in [0, 0.05) is 11.8 Å². The Hall–Kier alpha value is -6.83. The summed E-state index contributed by atoms with van der Waals surface area (Å²) in [6.07, 6.45) is 9.99. The molecule has 0 bridgehead atoms. The highest BCUT2D eigenvalue weighted by Gasteiger charge is 2.34. The summed E-state index contributed by atoms with van der Waals surface area (Å²) in [6, 6.07) is 25.4. The van der Waals surface area contributed by atoms with E-state index in [9.17, 15) is 24.0 Å². The Morgan fingerprint density at radius 1 is 0.540 bits per heavy atom. The van der Waals surface area contributed by atoms with E-state index in [0.717, 1.165) is 79.3 Å². The topological polar surface area (TPSA) is 196 Å². The summed E-state index contributed by atoms with van der Waals surface area (Å²) in [7, 11) is 5.72. The molecule has 6 N–H and O–H groups in total. The van der Waals surface area contributed by atoms with Crippen LogP contribution >= 0.6 is 0 Å². The average Bonchev–Trinajstić information content (AvgIpc) is 3.32. The minimum absolute atomic E-state index is 0.00264. The van der Waals surface area contributed by atoms with Gasteiger partial charge in [0.1, 0.15) is 23.6 Å². The third kappa shape index (κ3) is 11.6. The summed E-state index contributed by atoms with van der Waals surface area (Å²) in [5.41, 5.74) is 7.85. The van der Waals surface area contributed by atoms with Crippen LogP contribution < -0.4 is 36.5 Å². The van der Waals surface area contributed by atoms with Crippen LogP contribution in [0.2, 0.25) is 0 Å². The Bertz CT molecular complexity index is 2430. The van der Waals surface area contributed by atoms with E-state index >= 15 is 0 Å². The highest BCUT2D eigenvalue weighted by atomic mass is 16.5. The molecule has 2 aliphatic rings. The van der Waals surface area contributed by atoms with Crippen molar-refractivity contribution in [3.05, 3.63) is 102 Å². The highest BCUT2D eigenvalue weighted by Crippen LogP contribution is 2.32. The number of nitrogens with two attached hydrogens (primary N) is 1. The van der Waals surface area contributed by atoms with Crippen LogP contribution in [0.4, 0.5) is 21.9 Å². The van der Waals surface area contributed by atoms with E-state index in [0.29, 0.717) is 34.1 Å². The molecule has 2 atom stereocenters. The first-order valence-corrected chi connectivity index (χ1v) is 21.4. The summed E-state index contributed by atoms with van der Waals surface area (Å²) in [4.78, 5) is 64.2. The van der Waals surface area contributed by atoms with E-state index in [1.165, 1.54) is 27.8 Å². The van der Waals surface area contributed by atoms with Gasteiger partial charge in [-0.2, -0.15) is 0 Å². The maximum atomic E-state index is 13.6. The molecule has 5 aromatic carbocycles. The molecule has 2 saturated carbocycles. The molecule has 0 spiro atoms. The molecule has 14 heteroatoms. The Balaban J connectivity index is 0.000000228. The van der Waals surface area contributed by atoms with Gasteiger partial charge >= 0.3 is 18.0 Å². The number of carbonyl (C=O) groups excluding carboxylic acids is 5. The molecular weight excluding hydrogens is 803 g/mol. The number of urea groups is 1. The zero-order valence-corrected chi connectivity index (χ0v) is 36.3. The van der Waals surface area contributed by atoms with E-state index in [2.05, 4.69) is 21.3 Å². The van der Waals surface area contributed by atoms with Crippen LogP contribution in [0.1, 0.15) is 84.9 Å². The van der Waals surface area contributed by atoms with Gasteiger partial charge in [-0.1, -0.05) is 87.1 Å². The first-order valence-electron chi connectivity index (χ1n) is 21.4.